The van der Waals surface area contributed by atoms with Gasteiger partial charge in [0.05, 0.1) is 11.5 Å². The van der Waals surface area contributed by atoms with Gasteiger partial charge in [-0.2, -0.15) is 0 Å². The highest BCUT2D eigenvalue weighted by Crippen LogP contribution is 2.18. The van der Waals surface area contributed by atoms with E-state index in [4.69, 9.17) is 0 Å². The van der Waals surface area contributed by atoms with E-state index in [-0.39, 0.29) is 17.5 Å². The predicted octanol–water partition coefficient (Wildman–Crippen LogP) is 0.551. The van der Waals surface area contributed by atoms with Crippen molar-refractivity contribution in [3.63, 3.8) is 0 Å². The number of likely N-dealkylation sites (tertiary alicyclic amines) is 1. The molecular formula is C13H20N2O3S. The highest BCUT2D eigenvalue weighted by Gasteiger charge is 2.24. The fourth-order valence-corrected chi connectivity index (χ4v) is 3.84. The van der Waals surface area contributed by atoms with Crippen molar-refractivity contribution in [2.75, 3.05) is 20.1 Å². The third kappa shape index (κ3) is 3.54. The Balaban J connectivity index is 2.14. The van der Waals surface area contributed by atoms with Crippen molar-refractivity contribution in [2.45, 2.75) is 30.4 Å². The summed E-state index contributed by atoms with van der Waals surface area (Å²) in [5.41, 5.74) is 0.433. The molecule has 0 spiro atoms. The molecule has 0 atom stereocenters. The summed E-state index contributed by atoms with van der Waals surface area (Å²) in [6, 6.07) is 6.53. The molecule has 19 heavy (non-hydrogen) atoms. The monoisotopic (exact) mass is 284 g/mol. The molecule has 1 aliphatic heterocycles. The minimum atomic E-state index is -3.55. The van der Waals surface area contributed by atoms with Crippen molar-refractivity contribution in [1.29, 1.82) is 0 Å². The fourth-order valence-electron chi connectivity index (χ4n) is 2.31. The highest BCUT2D eigenvalue weighted by molar-refractivity contribution is 7.89. The molecule has 0 unspecified atom stereocenters. The summed E-state index contributed by atoms with van der Waals surface area (Å²) in [6.07, 6.45) is 1.63. The molecule has 0 radical (unpaired) electrons. The van der Waals surface area contributed by atoms with Gasteiger partial charge in [0.15, 0.2) is 0 Å². The van der Waals surface area contributed by atoms with Crippen LogP contribution in [0.5, 0.6) is 0 Å². The number of sulfonamides is 1. The molecule has 0 aromatic heterocycles. The summed E-state index contributed by atoms with van der Waals surface area (Å²) >= 11 is 0. The zero-order valence-electron chi connectivity index (χ0n) is 11.0. The Morgan fingerprint density at radius 2 is 1.95 bits per heavy atom. The van der Waals surface area contributed by atoms with Gasteiger partial charge in [0.25, 0.3) is 0 Å². The van der Waals surface area contributed by atoms with Crippen molar-refractivity contribution >= 4 is 10.0 Å². The SMILES string of the molecule is CN1CCC(NS(=O)(=O)c2ccccc2CO)CC1. The number of hydrogen-bond acceptors (Lipinski definition) is 4. The van der Waals surface area contributed by atoms with Gasteiger partial charge >= 0.3 is 0 Å². The van der Waals surface area contributed by atoms with Gasteiger partial charge in [-0.05, 0) is 44.6 Å². The number of rotatable bonds is 4. The van der Waals surface area contributed by atoms with Gasteiger partial charge in [0.1, 0.15) is 0 Å². The van der Waals surface area contributed by atoms with Gasteiger partial charge in [-0.3, -0.25) is 0 Å². The molecule has 106 valence electrons. The van der Waals surface area contributed by atoms with E-state index in [1.807, 2.05) is 7.05 Å². The number of piperidine rings is 1. The van der Waals surface area contributed by atoms with Gasteiger partial charge < -0.3 is 10.0 Å². The van der Waals surface area contributed by atoms with E-state index >= 15 is 0 Å². The maximum Gasteiger partial charge on any atom is 0.241 e. The maximum atomic E-state index is 12.3. The van der Waals surface area contributed by atoms with Crippen LogP contribution in [0.25, 0.3) is 0 Å². The summed E-state index contributed by atoms with van der Waals surface area (Å²) < 4.78 is 27.4. The lowest BCUT2D eigenvalue weighted by atomic mass is 10.1. The lowest BCUT2D eigenvalue weighted by molar-refractivity contribution is 0.248. The van der Waals surface area contributed by atoms with E-state index in [1.165, 1.54) is 6.07 Å². The van der Waals surface area contributed by atoms with Crippen LogP contribution in [0.2, 0.25) is 0 Å². The van der Waals surface area contributed by atoms with Crippen LogP contribution in [-0.2, 0) is 16.6 Å². The summed E-state index contributed by atoms with van der Waals surface area (Å²) in [5.74, 6) is 0. The Morgan fingerprint density at radius 3 is 2.58 bits per heavy atom. The van der Waals surface area contributed by atoms with E-state index in [2.05, 4.69) is 9.62 Å². The first kappa shape index (κ1) is 14.5. The van der Waals surface area contributed by atoms with Gasteiger partial charge in [0.2, 0.25) is 10.0 Å². The van der Waals surface area contributed by atoms with Crippen LogP contribution in [0.4, 0.5) is 0 Å². The quantitative estimate of drug-likeness (QED) is 0.847. The highest BCUT2D eigenvalue weighted by atomic mass is 32.2. The van der Waals surface area contributed by atoms with Crippen molar-refractivity contribution in [2.24, 2.45) is 0 Å². The second-order valence-corrected chi connectivity index (χ2v) is 6.65. The molecule has 6 heteroatoms. The van der Waals surface area contributed by atoms with E-state index in [1.54, 1.807) is 18.2 Å². The van der Waals surface area contributed by atoms with Crippen molar-refractivity contribution in [3.8, 4) is 0 Å². The summed E-state index contributed by atoms with van der Waals surface area (Å²) in [4.78, 5) is 2.36. The second kappa shape index (κ2) is 6.00. The molecule has 1 aliphatic rings. The Hall–Kier alpha value is -0.950. The number of benzene rings is 1. The average molecular weight is 284 g/mol. The first-order valence-electron chi connectivity index (χ1n) is 6.42. The molecule has 1 aromatic carbocycles. The molecule has 1 heterocycles. The third-order valence-corrected chi connectivity index (χ3v) is 5.09. The minimum Gasteiger partial charge on any atom is -0.392 e. The zero-order valence-corrected chi connectivity index (χ0v) is 11.9. The van der Waals surface area contributed by atoms with Crippen molar-refractivity contribution in [3.05, 3.63) is 29.8 Å². The van der Waals surface area contributed by atoms with Crippen LogP contribution in [0, 0.1) is 0 Å². The van der Waals surface area contributed by atoms with Crippen LogP contribution in [-0.4, -0.2) is 44.6 Å². The molecule has 2 rings (SSSR count). The number of aliphatic hydroxyl groups excluding tert-OH is 1. The number of nitrogens with zero attached hydrogens (tertiary/aromatic N) is 1. The largest absolute Gasteiger partial charge is 0.392 e. The molecule has 1 aromatic rings. The lowest BCUT2D eigenvalue weighted by Gasteiger charge is -2.29. The van der Waals surface area contributed by atoms with Crippen LogP contribution < -0.4 is 4.72 Å². The maximum absolute atomic E-state index is 12.3. The van der Waals surface area contributed by atoms with Crippen LogP contribution >= 0.6 is 0 Å². The lowest BCUT2D eigenvalue weighted by Crippen LogP contribution is -2.43. The molecule has 0 amide bonds. The first-order chi connectivity index (χ1) is 9.03. The van der Waals surface area contributed by atoms with Crippen LogP contribution in [0.15, 0.2) is 29.2 Å². The van der Waals surface area contributed by atoms with Crippen molar-refractivity contribution < 1.29 is 13.5 Å². The third-order valence-electron chi connectivity index (χ3n) is 3.47. The molecule has 5 nitrogen and oxygen atoms in total. The summed E-state index contributed by atoms with van der Waals surface area (Å²) in [7, 11) is -1.52. The normalized spacial score (nSPS) is 18.6. The standard InChI is InChI=1S/C13H20N2O3S/c1-15-8-6-12(7-9-15)14-19(17,18)13-5-3-2-4-11(13)10-16/h2-5,12,14,16H,6-10H2,1H3. The molecule has 2 N–H and O–H groups in total. The first-order valence-corrected chi connectivity index (χ1v) is 7.91. The summed E-state index contributed by atoms with van der Waals surface area (Å²) in [6.45, 7) is 1.52. The van der Waals surface area contributed by atoms with E-state index < -0.39 is 10.0 Å². The van der Waals surface area contributed by atoms with Crippen LogP contribution in [0.1, 0.15) is 18.4 Å². The summed E-state index contributed by atoms with van der Waals surface area (Å²) in [5, 5.41) is 9.22. The Bertz CT molecular complexity index is 522. The molecule has 0 aliphatic carbocycles. The Morgan fingerprint density at radius 1 is 1.32 bits per heavy atom. The fraction of sp³-hybridized carbons (Fsp3) is 0.538. The molecule has 0 bridgehead atoms. The molecule has 1 fully saturated rings. The molecular weight excluding hydrogens is 264 g/mol. The van der Waals surface area contributed by atoms with Crippen molar-refractivity contribution in [1.82, 2.24) is 9.62 Å². The number of nitrogens with one attached hydrogen (secondary N) is 1. The smallest absolute Gasteiger partial charge is 0.241 e. The second-order valence-electron chi connectivity index (χ2n) is 4.96. The Labute approximate surface area is 114 Å². The van der Waals surface area contributed by atoms with E-state index in [0.717, 1.165) is 25.9 Å². The topological polar surface area (TPSA) is 69.6 Å². The Kier molecular flexibility index (Phi) is 4.57. The van der Waals surface area contributed by atoms with E-state index in [9.17, 15) is 13.5 Å². The van der Waals surface area contributed by atoms with E-state index in [0.29, 0.717) is 5.56 Å². The zero-order chi connectivity index (χ0) is 13.9. The van der Waals surface area contributed by atoms with Gasteiger partial charge in [-0.1, -0.05) is 18.2 Å². The minimum absolute atomic E-state index is 0.0204. The number of hydrogen-bond donors (Lipinski definition) is 2. The van der Waals surface area contributed by atoms with Gasteiger partial charge in [-0.25, -0.2) is 13.1 Å². The van der Waals surface area contributed by atoms with Gasteiger partial charge in [-0.15, -0.1) is 0 Å². The average Bonchev–Trinajstić information content (AvgIpc) is 2.41. The molecule has 1 saturated heterocycles. The van der Waals surface area contributed by atoms with Crippen LogP contribution in [0.3, 0.4) is 0 Å². The van der Waals surface area contributed by atoms with Gasteiger partial charge in [0, 0.05) is 6.04 Å². The number of aliphatic hydroxyl groups is 1. The molecule has 0 saturated carbocycles. The predicted molar refractivity (Wildman–Crippen MR) is 73.2 cm³/mol.